The monoisotopic (exact) mass is 286 g/mol. The predicted octanol–water partition coefficient (Wildman–Crippen LogP) is 0.144. The molecule has 11 nitrogen and oxygen atoms in total. The highest BCUT2D eigenvalue weighted by Gasteiger charge is 2.28. The molecule has 1 aromatic rings. The number of nitro groups is 2. The summed E-state index contributed by atoms with van der Waals surface area (Å²) in [4.78, 5) is 33.8. The quantitative estimate of drug-likeness (QED) is 0.486. The Morgan fingerprint density at radius 3 is 2.40 bits per heavy atom. The second kappa shape index (κ2) is 5.88. The summed E-state index contributed by atoms with van der Waals surface area (Å²) in [5.41, 5.74) is -1.36. The molecular formula is C9H10N4O7. The molecule has 2 atom stereocenters. The third-order valence-corrected chi connectivity index (χ3v) is 2.30. The van der Waals surface area contributed by atoms with Gasteiger partial charge in [0.05, 0.1) is 22.0 Å². The van der Waals surface area contributed by atoms with Crippen LogP contribution in [0.15, 0.2) is 12.3 Å². The van der Waals surface area contributed by atoms with Gasteiger partial charge in [-0.25, -0.2) is 9.78 Å². The number of pyridine rings is 1. The highest BCUT2D eigenvalue weighted by Crippen LogP contribution is 2.27. The van der Waals surface area contributed by atoms with Gasteiger partial charge in [-0.3, -0.25) is 20.2 Å². The van der Waals surface area contributed by atoms with E-state index in [2.05, 4.69) is 10.3 Å². The molecule has 20 heavy (non-hydrogen) atoms. The molecule has 0 aliphatic rings. The Kier molecular flexibility index (Phi) is 4.48. The third kappa shape index (κ3) is 3.35. The first-order valence-electron chi connectivity index (χ1n) is 5.20. The van der Waals surface area contributed by atoms with Crippen molar-refractivity contribution in [3.05, 3.63) is 32.5 Å². The van der Waals surface area contributed by atoms with Gasteiger partial charge in [0.2, 0.25) is 5.82 Å². The van der Waals surface area contributed by atoms with Crippen molar-refractivity contribution < 1.29 is 24.9 Å². The second-order valence-corrected chi connectivity index (χ2v) is 3.78. The molecule has 0 spiro atoms. The Morgan fingerprint density at radius 1 is 1.40 bits per heavy atom. The van der Waals surface area contributed by atoms with Gasteiger partial charge in [-0.15, -0.1) is 0 Å². The largest absolute Gasteiger partial charge is 0.480 e. The van der Waals surface area contributed by atoms with Crippen LogP contribution in [0.1, 0.15) is 6.92 Å². The first-order chi connectivity index (χ1) is 9.23. The predicted molar refractivity (Wildman–Crippen MR) is 64.3 cm³/mol. The van der Waals surface area contributed by atoms with Gasteiger partial charge in [0.25, 0.3) is 5.69 Å². The van der Waals surface area contributed by atoms with Crippen LogP contribution in [0.4, 0.5) is 17.2 Å². The zero-order valence-electron chi connectivity index (χ0n) is 10.1. The average Bonchev–Trinajstić information content (AvgIpc) is 2.34. The topological polar surface area (TPSA) is 169 Å². The van der Waals surface area contributed by atoms with E-state index in [4.69, 9.17) is 5.11 Å². The summed E-state index contributed by atoms with van der Waals surface area (Å²) in [5, 5.41) is 41.6. The smallest absolute Gasteiger partial charge is 0.328 e. The van der Waals surface area contributed by atoms with Gasteiger partial charge >= 0.3 is 11.7 Å². The summed E-state index contributed by atoms with van der Waals surface area (Å²) >= 11 is 0. The Labute approximate surface area is 111 Å². The molecule has 1 rings (SSSR count). The van der Waals surface area contributed by atoms with Crippen LogP contribution in [0, 0.1) is 20.2 Å². The van der Waals surface area contributed by atoms with Crippen molar-refractivity contribution in [3.63, 3.8) is 0 Å². The lowest BCUT2D eigenvalue weighted by atomic mass is 10.2. The number of nitrogens with one attached hydrogen (secondary N) is 1. The summed E-state index contributed by atoms with van der Waals surface area (Å²) in [6.07, 6.45) is -0.611. The van der Waals surface area contributed by atoms with Crippen LogP contribution in [0.25, 0.3) is 0 Å². The number of carboxylic acid groups (broad SMARTS) is 1. The maximum absolute atomic E-state index is 10.9. The molecule has 1 heterocycles. The molecule has 0 amide bonds. The molecular weight excluding hydrogens is 276 g/mol. The van der Waals surface area contributed by atoms with Gasteiger partial charge < -0.3 is 15.5 Å². The number of anilines is 1. The molecule has 3 N–H and O–H groups in total. The molecule has 0 unspecified atom stereocenters. The molecule has 0 radical (unpaired) electrons. The van der Waals surface area contributed by atoms with E-state index in [1.165, 1.54) is 6.92 Å². The van der Waals surface area contributed by atoms with Gasteiger partial charge in [-0.05, 0) is 6.92 Å². The molecule has 1 aromatic heterocycles. The minimum Gasteiger partial charge on any atom is -0.480 e. The molecule has 0 saturated carbocycles. The number of carbonyl (C=O) groups is 1. The standard InChI is InChI=1S/C9H10N4O7/c1-4(14)7(9(15)16)11-8-6(13(19)20)2-5(3-10-8)12(17)18/h2-4,7,14H,1H3,(H,10,11)(H,15,16)/t4-,7-/m0/s1. The van der Waals surface area contributed by atoms with Gasteiger partial charge in [0.1, 0.15) is 6.20 Å². The first kappa shape index (κ1) is 15.2. The number of nitrogens with zero attached hydrogens (tertiary/aromatic N) is 3. The summed E-state index contributed by atoms with van der Waals surface area (Å²) in [5.74, 6) is -1.93. The van der Waals surface area contributed by atoms with E-state index in [0.29, 0.717) is 6.07 Å². The van der Waals surface area contributed by atoms with Crippen molar-refractivity contribution in [2.24, 2.45) is 0 Å². The summed E-state index contributed by atoms with van der Waals surface area (Å²) < 4.78 is 0. The van der Waals surface area contributed by atoms with Gasteiger partial charge in [0.15, 0.2) is 6.04 Å². The average molecular weight is 286 g/mol. The summed E-state index contributed by atoms with van der Waals surface area (Å²) in [7, 11) is 0. The number of aliphatic carboxylic acids is 1. The molecule has 0 bridgehead atoms. The minimum absolute atomic E-state index is 0.478. The van der Waals surface area contributed by atoms with Crippen molar-refractivity contribution in [2.45, 2.75) is 19.1 Å². The van der Waals surface area contributed by atoms with Crippen LogP contribution in [0.5, 0.6) is 0 Å². The van der Waals surface area contributed by atoms with E-state index in [0.717, 1.165) is 6.20 Å². The van der Waals surface area contributed by atoms with E-state index in [1.54, 1.807) is 0 Å². The number of aliphatic hydroxyl groups is 1. The molecule has 0 fully saturated rings. The van der Waals surface area contributed by atoms with Crippen LogP contribution in [0.2, 0.25) is 0 Å². The number of aromatic nitrogens is 1. The van der Waals surface area contributed by atoms with E-state index < -0.39 is 45.2 Å². The number of carboxylic acids is 1. The van der Waals surface area contributed by atoms with Crippen molar-refractivity contribution in [3.8, 4) is 0 Å². The van der Waals surface area contributed by atoms with Gasteiger partial charge in [-0.1, -0.05) is 0 Å². The van der Waals surface area contributed by atoms with E-state index in [1.807, 2.05) is 0 Å². The lowest BCUT2D eigenvalue weighted by Crippen LogP contribution is -2.39. The Bertz CT molecular complexity index is 559. The maximum Gasteiger partial charge on any atom is 0.328 e. The molecule has 11 heteroatoms. The number of hydrogen-bond donors (Lipinski definition) is 3. The van der Waals surface area contributed by atoms with Gasteiger partial charge in [-0.2, -0.15) is 0 Å². The van der Waals surface area contributed by atoms with Crippen molar-refractivity contribution >= 4 is 23.2 Å². The number of hydrogen-bond acceptors (Lipinski definition) is 8. The van der Waals surface area contributed by atoms with Crippen LogP contribution < -0.4 is 5.32 Å². The van der Waals surface area contributed by atoms with Crippen LogP contribution in [0.3, 0.4) is 0 Å². The fourth-order valence-corrected chi connectivity index (χ4v) is 1.33. The van der Waals surface area contributed by atoms with E-state index >= 15 is 0 Å². The Hall–Kier alpha value is -2.82. The lowest BCUT2D eigenvalue weighted by molar-refractivity contribution is -0.394. The second-order valence-electron chi connectivity index (χ2n) is 3.78. The highest BCUT2D eigenvalue weighted by molar-refractivity contribution is 5.79. The SMILES string of the molecule is C[C@H](O)[C@H](Nc1ncc([N+](=O)[O-])cc1[N+](=O)[O-])C(=O)O. The molecule has 108 valence electrons. The number of rotatable bonds is 6. The summed E-state index contributed by atoms with van der Waals surface area (Å²) in [6.45, 7) is 1.17. The Morgan fingerprint density at radius 2 is 2.00 bits per heavy atom. The minimum atomic E-state index is -1.54. The van der Waals surface area contributed by atoms with Crippen LogP contribution in [-0.2, 0) is 4.79 Å². The van der Waals surface area contributed by atoms with Crippen molar-refractivity contribution in [2.75, 3.05) is 5.32 Å². The van der Waals surface area contributed by atoms with E-state index in [9.17, 15) is 30.1 Å². The summed E-state index contributed by atoms with van der Waals surface area (Å²) in [6, 6.07) is -0.890. The van der Waals surface area contributed by atoms with Gasteiger partial charge in [0, 0.05) is 0 Å². The van der Waals surface area contributed by atoms with Crippen LogP contribution >= 0.6 is 0 Å². The lowest BCUT2D eigenvalue weighted by Gasteiger charge is -2.17. The maximum atomic E-state index is 10.9. The van der Waals surface area contributed by atoms with Crippen molar-refractivity contribution in [1.82, 2.24) is 4.98 Å². The normalized spacial score (nSPS) is 13.3. The Balaban J connectivity index is 3.20. The zero-order valence-corrected chi connectivity index (χ0v) is 10.1. The molecule has 0 aromatic carbocycles. The van der Waals surface area contributed by atoms with Crippen LogP contribution in [-0.4, -0.2) is 43.2 Å². The fourth-order valence-electron chi connectivity index (χ4n) is 1.33. The third-order valence-electron chi connectivity index (χ3n) is 2.30. The fraction of sp³-hybridized carbons (Fsp3) is 0.333. The highest BCUT2D eigenvalue weighted by atomic mass is 16.6. The molecule has 0 saturated heterocycles. The van der Waals surface area contributed by atoms with E-state index in [-0.39, 0.29) is 0 Å². The molecule has 0 aliphatic carbocycles. The first-order valence-corrected chi connectivity index (χ1v) is 5.20. The zero-order chi connectivity index (χ0) is 15.4. The van der Waals surface area contributed by atoms with Crippen molar-refractivity contribution in [1.29, 1.82) is 0 Å². The number of aliphatic hydroxyl groups excluding tert-OH is 1. The molecule has 0 aliphatic heterocycles.